The van der Waals surface area contributed by atoms with E-state index in [0.717, 1.165) is 6.42 Å². The Morgan fingerprint density at radius 3 is 2.42 bits per heavy atom. The average Bonchev–Trinajstić information content (AvgIpc) is 2.57. The molecule has 0 saturated carbocycles. The summed E-state index contributed by atoms with van der Waals surface area (Å²) in [6.07, 6.45) is 1.07. The van der Waals surface area contributed by atoms with E-state index in [4.69, 9.17) is 4.74 Å². The monoisotopic (exact) mass is 363 g/mol. The van der Waals surface area contributed by atoms with Gasteiger partial charge in [-0.15, -0.1) is 0 Å². The molecule has 0 N–H and O–H groups in total. The lowest BCUT2D eigenvalue weighted by Crippen LogP contribution is -2.44. The van der Waals surface area contributed by atoms with Gasteiger partial charge in [0.15, 0.2) is 6.61 Å². The first kappa shape index (κ1) is 19.7. The zero-order chi connectivity index (χ0) is 19.4. The highest BCUT2D eigenvalue weighted by Crippen LogP contribution is 2.25. The third kappa shape index (κ3) is 4.71. The number of nitrogens with zero attached hydrogens (tertiary/aromatic N) is 3. The van der Waals surface area contributed by atoms with Crippen molar-refractivity contribution in [1.29, 1.82) is 0 Å². The Morgan fingerprint density at radius 2 is 1.88 bits per heavy atom. The minimum Gasteiger partial charge on any atom is -0.452 e. The molecule has 1 aromatic carbocycles. The highest BCUT2D eigenvalue weighted by atomic mass is 16.6. The van der Waals surface area contributed by atoms with Crippen molar-refractivity contribution >= 4 is 23.3 Å². The Labute approximate surface area is 152 Å². The topological polar surface area (TPSA) is 93.0 Å². The molecule has 0 spiro atoms. The summed E-state index contributed by atoms with van der Waals surface area (Å²) in [5, 5.41) is 11.0. The van der Waals surface area contributed by atoms with Crippen LogP contribution in [0.2, 0.25) is 0 Å². The molecular formula is C18H25N3O5. The molecule has 142 valence electrons. The van der Waals surface area contributed by atoms with Crippen LogP contribution >= 0.6 is 0 Å². The maximum Gasteiger partial charge on any atom is 0.341 e. The van der Waals surface area contributed by atoms with E-state index in [1.165, 1.54) is 18.2 Å². The second-order valence-electron chi connectivity index (χ2n) is 7.17. The molecule has 26 heavy (non-hydrogen) atoms. The number of carbonyl (C=O) groups is 2. The molecule has 2 rings (SSSR count). The number of nitro benzene ring substituents is 1. The highest BCUT2D eigenvalue weighted by molar-refractivity contribution is 5.97. The molecule has 1 aliphatic heterocycles. The molecule has 1 fully saturated rings. The second kappa shape index (κ2) is 8.16. The first-order valence-corrected chi connectivity index (χ1v) is 8.59. The normalized spacial score (nSPS) is 19.8. The van der Waals surface area contributed by atoms with Crippen molar-refractivity contribution in [2.24, 2.45) is 11.8 Å². The number of rotatable bonds is 5. The van der Waals surface area contributed by atoms with E-state index in [1.807, 2.05) is 0 Å². The third-order valence-electron chi connectivity index (χ3n) is 4.44. The lowest BCUT2D eigenvalue weighted by atomic mass is 9.92. The number of benzene rings is 1. The zero-order valence-electron chi connectivity index (χ0n) is 15.6. The Kier molecular flexibility index (Phi) is 6.18. The first-order chi connectivity index (χ1) is 12.2. The minimum atomic E-state index is -0.746. The number of hydrogen-bond donors (Lipinski definition) is 0. The molecule has 0 aromatic heterocycles. The van der Waals surface area contributed by atoms with Gasteiger partial charge in [-0.05, 0) is 24.3 Å². The zero-order valence-corrected chi connectivity index (χ0v) is 15.6. The second-order valence-corrected chi connectivity index (χ2v) is 7.17. The van der Waals surface area contributed by atoms with E-state index < -0.39 is 10.9 Å². The highest BCUT2D eigenvalue weighted by Gasteiger charge is 2.27. The summed E-state index contributed by atoms with van der Waals surface area (Å²) < 4.78 is 5.16. The van der Waals surface area contributed by atoms with E-state index in [1.54, 1.807) is 23.9 Å². The quantitative estimate of drug-likeness (QED) is 0.453. The molecule has 0 unspecified atom stereocenters. The number of likely N-dealkylation sites (tertiary alicyclic amines) is 1. The molecular weight excluding hydrogens is 338 g/mol. The van der Waals surface area contributed by atoms with Crippen LogP contribution < -0.4 is 4.90 Å². The summed E-state index contributed by atoms with van der Waals surface area (Å²) in [5.41, 5.74) is 0.359. The van der Waals surface area contributed by atoms with Gasteiger partial charge in [0.1, 0.15) is 0 Å². The molecule has 1 aromatic rings. The van der Waals surface area contributed by atoms with Crippen molar-refractivity contribution in [3.8, 4) is 0 Å². The Balaban J connectivity index is 2.08. The molecule has 8 nitrogen and oxygen atoms in total. The van der Waals surface area contributed by atoms with E-state index in [0.29, 0.717) is 30.6 Å². The minimum absolute atomic E-state index is 0.0670. The Bertz CT molecular complexity index is 694. The molecule has 1 amide bonds. The molecule has 0 aliphatic carbocycles. The number of nitro groups is 1. The fourth-order valence-electron chi connectivity index (χ4n) is 3.35. The van der Waals surface area contributed by atoms with Crippen molar-refractivity contribution in [1.82, 2.24) is 4.90 Å². The Morgan fingerprint density at radius 1 is 1.27 bits per heavy atom. The molecule has 0 bridgehead atoms. The van der Waals surface area contributed by atoms with Crippen molar-refractivity contribution in [3.63, 3.8) is 0 Å². The van der Waals surface area contributed by atoms with Crippen LogP contribution in [0.3, 0.4) is 0 Å². The number of amides is 1. The lowest BCUT2D eigenvalue weighted by molar-refractivity contribution is -0.384. The van der Waals surface area contributed by atoms with Gasteiger partial charge in [0.05, 0.1) is 16.2 Å². The summed E-state index contributed by atoms with van der Waals surface area (Å²) in [6.45, 7) is 5.12. The van der Waals surface area contributed by atoms with Crippen LogP contribution in [0.1, 0.15) is 30.6 Å². The maximum atomic E-state index is 12.4. The molecule has 2 atom stereocenters. The van der Waals surface area contributed by atoms with Crippen LogP contribution in [0.15, 0.2) is 18.2 Å². The number of ether oxygens (including phenoxy) is 1. The van der Waals surface area contributed by atoms with Crippen LogP contribution in [0.25, 0.3) is 0 Å². The molecule has 0 radical (unpaired) electrons. The number of piperidine rings is 1. The number of anilines is 1. The number of non-ortho nitro benzene ring substituents is 1. The largest absolute Gasteiger partial charge is 0.452 e. The van der Waals surface area contributed by atoms with Gasteiger partial charge < -0.3 is 14.5 Å². The van der Waals surface area contributed by atoms with Crippen molar-refractivity contribution in [2.45, 2.75) is 20.3 Å². The SMILES string of the molecule is C[C@@H]1C[C@@H](C)CN(C(=O)COC(=O)c2cc([N+](=O)[O-])ccc2N(C)C)C1. The van der Waals surface area contributed by atoms with Gasteiger partial charge in [0.25, 0.3) is 11.6 Å². The van der Waals surface area contributed by atoms with Gasteiger partial charge in [0, 0.05) is 39.3 Å². The van der Waals surface area contributed by atoms with E-state index in [-0.39, 0.29) is 23.8 Å². The van der Waals surface area contributed by atoms with Gasteiger partial charge in [-0.25, -0.2) is 4.79 Å². The summed E-state index contributed by atoms with van der Waals surface area (Å²) >= 11 is 0. The summed E-state index contributed by atoms with van der Waals surface area (Å²) in [7, 11) is 3.44. The number of hydrogen-bond acceptors (Lipinski definition) is 6. The van der Waals surface area contributed by atoms with E-state index in [2.05, 4.69) is 13.8 Å². The summed E-state index contributed by atoms with van der Waals surface area (Å²) in [4.78, 5) is 38.5. The fourth-order valence-corrected chi connectivity index (χ4v) is 3.35. The summed E-state index contributed by atoms with van der Waals surface area (Å²) in [6, 6.07) is 3.99. The molecule has 1 aliphatic rings. The smallest absolute Gasteiger partial charge is 0.341 e. The Hall–Kier alpha value is -2.64. The lowest BCUT2D eigenvalue weighted by Gasteiger charge is -2.34. The van der Waals surface area contributed by atoms with Crippen molar-refractivity contribution in [2.75, 3.05) is 38.7 Å². The van der Waals surface area contributed by atoms with Gasteiger partial charge in [-0.1, -0.05) is 13.8 Å². The van der Waals surface area contributed by atoms with Gasteiger partial charge >= 0.3 is 5.97 Å². The van der Waals surface area contributed by atoms with E-state index >= 15 is 0 Å². The van der Waals surface area contributed by atoms with E-state index in [9.17, 15) is 19.7 Å². The fraction of sp³-hybridized carbons (Fsp3) is 0.556. The van der Waals surface area contributed by atoms with Crippen LogP contribution in [-0.2, 0) is 9.53 Å². The van der Waals surface area contributed by atoms with Crippen molar-refractivity contribution < 1.29 is 19.2 Å². The number of carbonyl (C=O) groups excluding carboxylic acids is 2. The first-order valence-electron chi connectivity index (χ1n) is 8.59. The molecule has 1 heterocycles. The molecule has 1 saturated heterocycles. The summed E-state index contributed by atoms with van der Waals surface area (Å²) in [5.74, 6) is -0.163. The van der Waals surface area contributed by atoms with Crippen LogP contribution in [-0.4, -0.2) is 55.5 Å². The average molecular weight is 363 g/mol. The number of esters is 1. The van der Waals surface area contributed by atoms with Gasteiger partial charge in [-0.3, -0.25) is 14.9 Å². The van der Waals surface area contributed by atoms with Crippen LogP contribution in [0, 0.1) is 22.0 Å². The van der Waals surface area contributed by atoms with Gasteiger partial charge in [0.2, 0.25) is 0 Å². The molecule has 8 heteroatoms. The van der Waals surface area contributed by atoms with Crippen molar-refractivity contribution in [3.05, 3.63) is 33.9 Å². The predicted octanol–water partition coefficient (Wildman–Crippen LogP) is 2.32. The van der Waals surface area contributed by atoms with Crippen LogP contribution in [0.4, 0.5) is 11.4 Å². The maximum absolute atomic E-state index is 12.4. The van der Waals surface area contributed by atoms with Crippen LogP contribution in [0.5, 0.6) is 0 Å². The standard InChI is InChI=1S/C18H25N3O5/c1-12-7-13(2)10-20(9-12)17(22)11-26-18(23)15-8-14(21(24)25)5-6-16(15)19(3)4/h5-6,8,12-13H,7,9-11H2,1-4H3/t12-,13-/m1/s1. The third-order valence-corrected chi connectivity index (χ3v) is 4.44. The predicted molar refractivity (Wildman–Crippen MR) is 97.2 cm³/mol. The van der Waals surface area contributed by atoms with Gasteiger partial charge in [-0.2, -0.15) is 0 Å².